The standard InChI is InChI=1S/C28H41NO10/c1-27(2,3)39-26(34)29-9-8-18-14(12-29)10-17-24(36-18)16-7-6-15(11-19(16)38-28(17,4)5)35-25-23(33)22(32)21(31)20(13-30)37-25/h6-7,11,14,17-18,20-25,30-33H,8-10,12-13H2,1-5H3/t14-,17+,18+,20-,21+,22+,23-,24-,25-/m1/s1. The number of aliphatic hydroxyl groups is 4. The number of ether oxygens (including phenoxy) is 5. The van der Waals surface area contributed by atoms with Gasteiger partial charge in [-0.25, -0.2) is 4.79 Å². The SMILES string of the molecule is CC(C)(C)OC(=O)N1CC[C@@H]2O[C@@H]3c4ccc(O[C@@H]5O[C@H](CO)[C@H](O)[C@H](O)[C@H]5O)cc4OC(C)(C)[C@H]3C[C@@H]2C1. The number of aliphatic hydroxyl groups excluding tert-OH is 4. The Hall–Kier alpha value is -2.15. The second-order valence-electron chi connectivity index (χ2n) is 12.6. The average molecular weight is 552 g/mol. The van der Waals surface area contributed by atoms with Gasteiger partial charge >= 0.3 is 6.09 Å². The zero-order chi connectivity index (χ0) is 28.3. The molecule has 1 aromatic carbocycles. The summed E-state index contributed by atoms with van der Waals surface area (Å²) >= 11 is 0. The third kappa shape index (κ3) is 5.57. The predicted octanol–water partition coefficient (Wildman–Crippen LogP) is 1.74. The lowest BCUT2D eigenvalue weighted by atomic mass is 9.70. The largest absolute Gasteiger partial charge is 0.487 e. The quantitative estimate of drug-likeness (QED) is 0.438. The van der Waals surface area contributed by atoms with Crippen molar-refractivity contribution >= 4 is 6.09 Å². The molecule has 5 rings (SSSR count). The molecular weight excluding hydrogens is 510 g/mol. The van der Waals surface area contributed by atoms with Crippen molar-refractivity contribution in [3.05, 3.63) is 23.8 Å². The fourth-order valence-corrected chi connectivity index (χ4v) is 6.15. The molecule has 3 fully saturated rings. The van der Waals surface area contributed by atoms with E-state index in [2.05, 4.69) is 0 Å². The number of likely N-dealkylation sites (tertiary alicyclic amines) is 1. The summed E-state index contributed by atoms with van der Waals surface area (Å²) < 4.78 is 30.0. The van der Waals surface area contributed by atoms with Gasteiger partial charge in [0.05, 0.1) is 18.8 Å². The van der Waals surface area contributed by atoms with Crippen molar-refractivity contribution in [2.75, 3.05) is 19.7 Å². The molecule has 4 aliphatic rings. The van der Waals surface area contributed by atoms with Crippen LogP contribution in [0, 0.1) is 11.8 Å². The lowest BCUT2D eigenvalue weighted by molar-refractivity contribution is -0.277. The Bertz CT molecular complexity index is 1060. The Balaban J connectivity index is 1.31. The van der Waals surface area contributed by atoms with Gasteiger partial charge in [0.15, 0.2) is 0 Å². The minimum atomic E-state index is -1.53. The molecular formula is C28H41NO10. The van der Waals surface area contributed by atoms with Crippen LogP contribution in [0.25, 0.3) is 0 Å². The van der Waals surface area contributed by atoms with E-state index in [9.17, 15) is 25.2 Å². The maximum absolute atomic E-state index is 12.7. The van der Waals surface area contributed by atoms with Crippen LogP contribution in [-0.4, -0.2) is 99.1 Å². The van der Waals surface area contributed by atoms with E-state index in [4.69, 9.17) is 23.7 Å². The van der Waals surface area contributed by atoms with Crippen LogP contribution in [0.3, 0.4) is 0 Å². The maximum atomic E-state index is 12.7. The fourth-order valence-electron chi connectivity index (χ4n) is 6.15. The monoisotopic (exact) mass is 551 g/mol. The maximum Gasteiger partial charge on any atom is 0.410 e. The van der Waals surface area contributed by atoms with Crippen molar-refractivity contribution < 1.29 is 48.9 Å². The van der Waals surface area contributed by atoms with Crippen molar-refractivity contribution in [2.24, 2.45) is 11.8 Å². The summed E-state index contributed by atoms with van der Waals surface area (Å²) in [6.07, 6.45) is -5.76. The van der Waals surface area contributed by atoms with E-state index in [-0.39, 0.29) is 30.1 Å². The highest BCUT2D eigenvalue weighted by molar-refractivity contribution is 5.68. The zero-order valence-corrected chi connectivity index (χ0v) is 23.1. The van der Waals surface area contributed by atoms with Crippen molar-refractivity contribution in [1.29, 1.82) is 0 Å². The van der Waals surface area contributed by atoms with Crippen LogP contribution in [0.5, 0.6) is 11.5 Å². The molecule has 11 nitrogen and oxygen atoms in total. The second-order valence-corrected chi connectivity index (χ2v) is 12.6. The van der Waals surface area contributed by atoms with Crippen LogP contribution in [0.2, 0.25) is 0 Å². The van der Waals surface area contributed by atoms with Crippen LogP contribution < -0.4 is 9.47 Å². The Morgan fingerprint density at radius 1 is 1.13 bits per heavy atom. The van der Waals surface area contributed by atoms with E-state index < -0.39 is 48.5 Å². The van der Waals surface area contributed by atoms with E-state index in [0.717, 1.165) is 18.4 Å². The first kappa shape index (κ1) is 28.4. The van der Waals surface area contributed by atoms with Gasteiger partial charge in [-0.05, 0) is 59.6 Å². The number of hydrogen-bond donors (Lipinski definition) is 4. The molecule has 0 aromatic heterocycles. The molecule has 4 aliphatic heterocycles. The molecule has 0 aliphatic carbocycles. The lowest BCUT2D eigenvalue weighted by Gasteiger charge is -2.53. The lowest BCUT2D eigenvalue weighted by Crippen LogP contribution is -2.60. The van der Waals surface area contributed by atoms with Gasteiger partial charge in [0.25, 0.3) is 0 Å². The van der Waals surface area contributed by atoms with Gasteiger partial charge in [-0.3, -0.25) is 0 Å². The van der Waals surface area contributed by atoms with Crippen LogP contribution in [0.4, 0.5) is 4.79 Å². The number of nitrogens with zero attached hydrogens (tertiary/aromatic N) is 1. The molecule has 0 bridgehead atoms. The number of rotatable bonds is 3. The summed E-state index contributed by atoms with van der Waals surface area (Å²) in [6, 6.07) is 5.30. The van der Waals surface area contributed by atoms with Crippen LogP contribution in [-0.2, 0) is 14.2 Å². The van der Waals surface area contributed by atoms with Gasteiger partial charge < -0.3 is 49.0 Å². The van der Waals surface area contributed by atoms with Crippen molar-refractivity contribution in [1.82, 2.24) is 4.90 Å². The number of benzene rings is 1. The van der Waals surface area contributed by atoms with Crippen molar-refractivity contribution in [2.45, 2.75) is 102 Å². The molecule has 218 valence electrons. The molecule has 4 N–H and O–H groups in total. The summed E-state index contributed by atoms with van der Waals surface area (Å²) in [7, 11) is 0. The Morgan fingerprint density at radius 3 is 2.56 bits per heavy atom. The first-order valence-electron chi connectivity index (χ1n) is 13.7. The van der Waals surface area contributed by atoms with Crippen LogP contribution in [0.1, 0.15) is 59.1 Å². The highest BCUT2D eigenvalue weighted by Crippen LogP contribution is 2.53. The number of amides is 1. The molecule has 0 radical (unpaired) electrons. The minimum Gasteiger partial charge on any atom is -0.487 e. The van der Waals surface area contributed by atoms with E-state index >= 15 is 0 Å². The second kappa shape index (κ2) is 10.4. The molecule has 4 heterocycles. The summed E-state index contributed by atoms with van der Waals surface area (Å²) in [5.74, 6) is 1.16. The molecule has 11 heteroatoms. The van der Waals surface area contributed by atoms with Gasteiger partial charge in [-0.1, -0.05) is 0 Å². The van der Waals surface area contributed by atoms with Gasteiger partial charge in [0, 0.05) is 36.6 Å². The number of fused-ring (bicyclic) bond motifs is 4. The zero-order valence-electron chi connectivity index (χ0n) is 23.1. The van der Waals surface area contributed by atoms with E-state index in [1.807, 2.05) is 40.7 Å². The first-order valence-corrected chi connectivity index (χ1v) is 13.7. The van der Waals surface area contributed by atoms with Crippen molar-refractivity contribution in [3.8, 4) is 11.5 Å². The number of piperidine rings is 1. The minimum absolute atomic E-state index is 0.0109. The first-order chi connectivity index (χ1) is 18.3. The van der Waals surface area contributed by atoms with Gasteiger partial charge in [-0.2, -0.15) is 0 Å². The molecule has 0 spiro atoms. The highest BCUT2D eigenvalue weighted by Gasteiger charge is 2.52. The predicted molar refractivity (Wildman–Crippen MR) is 137 cm³/mol. The van der Waals surface area contributed by atoms with E-state index in [1.54, 1.807) is 17.0 Å². The summed E-state index contributed by atoms with van der Waals surface area (Å²) in [5, 5.41) is 39.9. The fraction of sp³-hybridized carbons (Fsp3) is 0.750. The topological polar surface area (TPSA) is 147 Å². The summed E-state index contributed by atoms with van der Waals surface area (Å²) in [5.41, 5.74) is -0.219. The van der Waals surface area contributed by atoms with Gasteiger partial charge in [0.2, 0.25) is 6.29 Å². The van der Waals surface area contributed by atoms with Gasteiger partial charge in [-0.15, -0.1) is 0 Å². The summed E-state index contributed by atoms with van der Waals surface area (Å²) in [4.78, 5) is 14.5. The molecule has 39 heavy (non-hydrogen) atoms. The average Bonchev–Trinajstić information content (AvgIpc) is 2.86. The third-order valence-corrected chi connectivity index (χ3v) is 8.22. The Labute approximate surface area is 228 Å². The van der Waals surface area contributed by atoms with E-state index in [1.165, 1.54) is 0 Å². The molecule has 0 saturated carbocycles. The van der Waals surface area contributed by atoms with Crippen LogP contribution >= 0.6 is 0 Å². The van der Waals surface area contributed by atoms with E-state index in [0.29, 0.717) is 24.6 Å². The molecule has 1 aromatic rings. The molecule has 3 saturated heterocycles. The number of carbonyl (C=O) groups excluding carboxylic acids is 1. The van der Waals surface area contributed by atoms with Crippen LogP contribution in [0.15, 0.2) is 18.2 Å². The number of hydrogen-bond acceptors (Lipinski definition) is 10. The molecule has 9 atom stereocenters. The Morgan fingerprint density at radius 2 is 1.87 bits per heavy atom. The third-order valence-electron chi connectivity index (χ3n) is 8.22. The molecule has 1 amide bonds. The summed E-state index contributed by atoms with van der Waals surface area (Å²) in [6.45, 7) is 10.3. The molecule has 0 unspecified atom stereocenters. The highest BCUT2D eigenvalue weighted by atomic mass is 16.7. The Kier molecular flexibility index (Phi) is 7.53. The van der Waals surface area contributed by atoms with Gasteiger partial charge in [0.1, 0.15) is 47.1 Å². The smallest absolute Gasteiger partial charge is 0.410 e. The van der Waals surface area contributed by atoms with Crippen molar-refractivity contribution in [3.63, 3.8) is 0 Å². The number of carbonyl (C=O) groups is 1. The normalized spacial score (nSPS) is 37.6.